The molecule has 28 heavy (non-hydrogen) atoms. The van der Waals surface area contributed by atoms with Gasteiger partial charge in [0.25, 0.3) is 0 Å². The molecule has 0 saturated carbocycles. The van der Waals surface area contributed by atoms with Crippen LogP contribution in [0.1, 0.15) is 45.1 Å². The van der Waals surface area contributed by atoms with Crippen LogP contribution in [0.15, 0.2) is 47.4 Å². The first-order chi connectivity index (χ1) is 13.5. The van der Waals surface area contributed by atoms with E-state index in [9.17, 15) is 8.42 Å². The number of hydrogen-bond donors (Lipinski definition) is 3. The second-order valence-electron chi connectivity index (χ2n) is 6.74. The average molecular weight is 406 g/mol. The summed E-state index contributed by atoms with van der Waals surface area (Å²) in [6, 6.07) is 12.6. The number of nitrogens with one attached hydrogen (secondary N) is 2. The molecule has 154 valence electrons. The van der Waals surface area contributed by atoms with Gasteiger partial charge >= 0.3 is 0 Å². The lowest BCUT2D eigenvalue weighted by Gasteiger charge is -2.18. The van der Waals surface area contributed by atoms with Crippen molar-refractivity contribution in [2.45, 2.75) is 51.0 Å². The van der Waals surface area contributed by atoms with Crippen molar-refractivity contribution in [2.75, 3.05) is 18.4 Å². The molecular weight excluding hydrogens is 374 g/mol. The van der Waals surface area contributed by atoms with Gasteiger partial charge in [0.15, 0.2) is 5.75 Å². The van der Waals surface area contributed by atoms with Crippen LogP contribution in [0.4, 0.5) is 5.69 Å². The molecule has 7 heteroatoms. The molecule has 0 unspecified atom stereocenters. The van der Waals surface area contributed by atoms with Crippen LogP contribution in [0.2, 0.25) is 0 Å². The van der Waals surface area contributed by atoms with E-state index in [2.05, 4.69) is 24.5 Å². The Morgan fingerprint density at radius 2 is 1.68 bits per heavy atom. The molecule has 0 saturated heterocycles. The minimum absolute atomic E-state index is 0.00913. The van der Waals surface area contributed by atoms with Gasteiger partial charge in [-0.05, 0) is 49.2 Å². The first-order valence-corrected chi connectivity index (χ1v) is 11.4. The predicted octanol–water partition coefficient (Wildman–Crippen LogP) is 4.23. The number of benzene rings is 2. The number of sulfonamides is 1. The van der Waals surface area contributed by atoms with Crippen molar-refractivity contribution in [3.8, 4) is 11.5 Å². The predicted molar refractivity (Wildman–Crippen MR) is 114 cm³/mol. The minimum atomic E-state index is -3.96. The van der Waals surface area contributed by atoms with Crippen molar-refractivity contribution in [2.24, 2.45) is 5.14 Å². The first kappa shape index (κ1) is 22.2. The monoisotopic (exact) mass is 405 g/mol. The van der Waals surface area contributed by atoms with E-state index in [0.717, 1.165) is 44.3 Å². The second-order valence-corrected chi connectivity index (χ2v) is 8.27. The minimum Gasteiger partial charge on any atom is -0.454 e. The van der Waals surface area contributed by atoms with Crippen molar-refractivity contribution in [1.82, 2.24) is 5.32 Å². The molecule has 0 amide bonds. The highest BCUT2D eigenvalue weighted by molar-refractivity contribution is 7.89. The van der Waals surface area contributed by atoms with E-state index >= 15 is 0 Å². The Hall–Kier alpha value is -2.09. The summed E-state index contributed by atoms with van der Waals surface area (Å²) in [5.41, 5.74) is 1.48. The van der Waals surface area contributed by atoms with Crippen LogP contribution in [0.25, 0.3) is 0 Å². The molecule has 2 aromatic rings. The normalized spacial score (nSPS) is 11.4. The number of anilines is 1. The van der Waals surface area contributed by atoms with Crippen LogP contribution in [0, 0.1) is 0 Å². The van der Waals surface area contributed by atoms with Gasteiger partial charge in [-0.25, -0.2) is 13.6 Å². The van der Waals surface area contributed by atoms with E-state index in [4.69, 9.17) is 9.88 Å². The van der Waals surface area contributed by atoms with Gasteiger partial charge in [0.2, 0.25) is 10.0 Å². The van der Waals surface area contributed by atoms with Gasteiger partial charge in [0.1, 0.15) is 10.6 Å². The average Bonchev–Trinajstić information content (AvgIpc) is 2.67. The van der Waals surface area contributed by atoms with E-state index in [1.54, 1.807) is 18.2 Å². The van der Waals surface area contributed by atoms with Crippen LogP contribution in [0.3, 0.4) is 0 Å². The zero-order chi connectivity index (χ0) is 20.4. The molecule has 0 aromatic heterocycles. The molecule has 2 rings (SSSR count). The third-order valence-electron chi connectivity index (χ3n) is 4.27. The summed E-state index contributed by atoms with van der Waals surface area (Å²) < 4.78 is 30.6. The van der Waals surface area contributed by atoms with Crippen LogP contribution in [-0.4, -0.2) is 21.5 Å². The van der Waals surface area contributed by atoms with Crippen LogP contribution >= 0.6 is 0 Å². The van der Waals surface area contributed by atoms with E-state index in [1.165, 1.54) is 0 Å². The highest BCUT2D eigenvalue weighted by Gasteiger charge is 2.21. The van der Waals surface area contributed by atoms with E-state index in [1.807, 2.05) is 24.3 Å². The number of unbranched alkanes of at least 4 members (excludes halogenated alkanes) is 2. The maximum atomic E-state index is 12.3. The van der Waals surface area contributed by atoms with Crippen LogP contribution in [0.5, 0.6) is 11.5 Å². The number of primary sulfonamides is 1. The highest BCUT2D eigenvalue weighted by atomic mass is 32.2. The standard InChI is InChI=1S/C21H31N3O3S/c1-3-5-12-23-16-17-14-19(24-13-6-4-2)21(20(15-17)28(22,25)26)27-18-10-8-7-9-11-18/h7-11,14-15,23-24H,3-6,12-13,16H2,1-2H3,(H2,22,25,26). The van der Waals surface area contributed by atoms with Gasteiger partial charge < -0.3 is 15.4 Å². The summed E-state index contributed by atoms with van der Waals surface area (Å²) >= 11 is 0. The molecule has 4 N–H and O–H groups in total. The number of hydrogen-bond acceptors (Lipinski definition) is 5. The molecular formula is C21H31N3O3S. The van der Waals surface area contributed by atoms with Gasteiger partial charge in [-0.1, -0.05) is 44.9 Å². The van der Waals surface area contributed by atoms with Crippen molar-refractivity contribution < 1.29 is 13.2 Å². The maximum Gasteiger partial charge on any atom is 0.241 e. The summed E-state index contributed by atoms with van der Waals surface area (Å²) in [6.07, 6.45) is 4.17. The van der Waals surface area contributed by atoms with Crippen molar-refractivity contribution in [3.63, 3.8) is 0 Å². The third-order valence-corrected chi connectivity index (χ3v) is 5.18. The molecule has 0 heterocycles. The summed E-state index contributed by atoms with van der Waals surface area (Å²) in [6.45, 7) is 6.40. The summed E-state index contributed by atoms with van der Waals surface area (Å²) in [5, 5.41) is 12.2. The molecule has 6 nitrogen and oxygen atoms in total. The Bertz CT molecular complexity index is 839. The lowest BCUT2D eigenvalue weighted by molar-refractivity contribution is 0.468. The maximum absolute atomic E-state index is 12.3. The molecule has 0 aliphatic rings. The molecule has 0 radical (unpaired) electrons. The fourth-order valence-electron chi connectivity index (χ4n) is 2.75. The topological polar surface area (TPSA) is 93.4 Å². The second kappa shape index (κ2) is 11.0. The van der Waals surface area contributed by atoms with E-state index in [-0.39, 0.29) is 10.6 Å². The first-order valence-electron chi connectivity index (χ1n) is 9.83. The fourth-order valence-corrected chi connectivity index (χ4v) is 3.48. The Balaban J connectivity index is 2.42. The van der Waals surface area contributed by atoms with Gasteiger partial charge in [0, 0.05) is 13.1 Å². The zero-order valence-corrected chi connectivity index (χ0v) is 17.5. The lowest BCUT2D eigenvalue weighted by Crippen LogP contribution is -2.18. The Morgan fingerprint density at radius 1 is 1.00 bits per heavy atom. The number of para-hydroxylation sites is 1. The van der Waals surface area contributed by atoms with Crippen LogP contribution < -0.4 is 20.5 Å². The Kier molecular flexibility index (Phi) is 8.76. The van der Waals surface area contributed by atoms with Gasteiger partial charge in [-0.3, -0.25) is 0 Å². The van der Waals surface area contributed by atoms with E-state index < -0.39 is 10.0 Å². The summed E-state index contributed by atoms with van der Waals surface area (Å²) in [7, 11) is -3.96. The zero-order valence-electron chi connectivity index (χ0n) is 16.7. The molecule has 2 aromatic carbocycles. The van der Waals surface area contributed by atoms with Crippen molar-refractivity contribution in [1.29, 1.82) is 0 Å². The molecule has 0 spiro atoms. The van der Waals surface area contributed by atoms with Crippen molar-refractivity contribution >= 4 is 15.7 Å². The van der Waals surface area contributed by atoms with Crippen LogP contribution in [-0.2, 0) is 16.6 Å². The smallest absolute Gasteiger partial charge is 0.241 e. The number of rotatable bonds is 12. The number of ether oxygens (including phenoxy) is 1. The Labute approximate surface area is 168 Å². The SMILES string of the molecule is CCCCNCc1cc(NCCCC)c(Oc2ccccc2)c(S(N)(=O)=O)c1. The van der Waals surface area contributed by atoms with Gasteiger partial charge in [-0.2, -0.15) is 0 Å². The highest BCUT2D eigenvalue weighted by Crippen LogP contribution is 2.37. The molecule has 0 bridgehead atoms. The largest absolute Gasteiger partial charge is 0.454 e. The van der Waals surface area contributed by atoms with Gasteiger partial charge in [0.05, 0.1) is 5.69 Å². The molecule has 0 aliphatic carbocycles. The summed E-state index contributed by atoms with van der Waals surface area (Å²) in [5.74, 6) is 0.793. The summed E-state index contributed by atoms with van der Waals surface area (Å²) in [4.78, 5) is -0.00913. The molecule has 0 aliphatic heterocycles. The lowest BCUT2D eigenvalue weighted by atomic mass is 10.1. The number of nitrogens with two attached hydrogens (primary N) is 1. The third kappa shape index (κ3) is 6.82. The fraction of sp³-hybridized carbons (Fsp3) is 0.429. The molecule has 0 fully saturated rings. The van der Waals surface area contributed by atoms with Gasteiger partial charge in [-0.15, -0.1) is 0 Å². The quantitative estimate of drug-likeness (QED) is 0.460. The Morgan fingerprint density at radius 3 is 2.32 bits per heavy atom. The van der Waals surface area contributed by atoms with E-state index in [0.29, 0.717) is 18.0 Å². The van der Waals surface area contributed by atoms with Crippen molar-refractivity contribution in [3.05, 3.63) is 48.0 Å². The molecule has 0 atom stereocenters.